The van der Waals surface area contributed by atoms with Gasteiger partial charge in [-0.05, 0) is 25.7 Å². The molecule has 0 bridgehead atoms. The first-order valence-corrected chi connectivity index (χ1v) is 8.82. The fraction of sp³-hybridized carbons (Fsp3) is 0.778. The molecule has 1 saturated heterocycles. The summed E-state index contributed by atoms with van der Waals surface area (Å²) in [6.07, 6.45) is 13.8. The van der Waals surface area contributed by atoms with E-state index in [1.54, 1.807) is 0 Å². The number of carbonyl (C=O) groups excluding carboxylic acids is 1. The zero-order valence-corrected chi connectivity index (χ0v) is 13.7. The second-order valence-electron chi connectivity index (χ2n) is 7.34. The van der Waals surface area contributed by atoms with Crippen LogP contribution in [-0.4, -0.2) is 51.1 Å². The lowest BCUT2D eigenvalue weighted by atomic mass is 9.78. The SMILES string of the molecule is C#CCN1C(=O)C2(CCCC2)N(C(=O)O)CC12CCCCCC2. The Morgan fingerprint density at radius 3 is 2.17 bits per heavy atom. The monoisotopic (exact) mass is 318 g/mol. The van der Waals surface area contributed by atoms with E-state index in [0.717, 1.165) is 51.4 Å². The van der Waals surface area contributed by atoms with Gasteiger partial charge in [0.2, 0.25) is 5.91 Å². The highest BCUT2D eigenvalue weighted by molar-refractivity contribution is 5.92. The normalized spacial score (nSPS) is 26.3. The topological polar surface area (TPSA) is 60.9 Å². The predicted octanol–water partition coefficient (Wildman–Crippen LogP) is 2.85. The largest absolute Gasteiger partial charge is 0.465 e. The van der Waals surface area contributed by atoms with Gasteiger partial charge in [0.15, 0.2) is 0 Å². The summed E-state index contributed by atoms with van der Waals surface area (Å²) in [6, 6.07) is 0. The summed E-state index contributed by atoms with van der Waals surface area (Å²) >= 11 is 0. The van der Waals surface area contributed by atoms with Gasteiger partial charge in [0, 0.05) is 6.54 Å². The Labute approximate surface area is 138 Å². The molecule has 2 spiro atoms. The average Bonchev–Trinajstić information content (AvgIpc) is 2.89. The number of piperazine rings is 1. The van der Waals surface area contributed by atoms with E-state index in [4.69, 9.17) is 6.42 Å². The quantitative estimate of drug-likeness (QED) is 0.756. The summed E-state index contributed by atoms with van der Waals surface area (Å²) in [5.74, 6) is 2.61. The van der Waals surface area contributed by atoms with Crippen molar-refractivity contribution in [2.45, 2.75) is 75.3 Å². The molecule has 5 heteroatoms. The molecule has 1 heterocycles. The molecule has 0 aromatic rings. The second kappa shape index (κ2) is 6.07. The van der Waals surface area contributed by atoms with Crippen LogP contribution in [0.5, 0.6) is 0 Å². The van der Waals surface area contributed by atoms with Crippen LogP contribution in [0.1, 0.15) is 64.2 Å². The smallest absolute Gasteiger partial charge is 0.408 e. The van der Waals surface area contributed by atoms with Crippen LogP contribution in [0.4, 0.5) is 4.79 Å². The van der Waals surface area contributed by atoms with E-state index in [1.807, 2.05) is 4.90 Å². The molecular weight excluding hydrogens is 292 g/mol. The minimum atomic E-state index is -0.954. The number of hydrogen-bond donors (Lipinski definition) is 1. The minimum absolute atomic E-state index is 0.0384. The molecule has 1 aliphatic heterocycles. The molecule has 3 rings (SSSR count). The van der Waals surface area contributed by atoms with Gasteiger partial charge in [-0.25, -0.2) is 4.79 Å². The lowest BCUT2D eigenvalue weighted by Gasteiger charge is -2.56. The Kier molecular flexibility index (Phi) is 4.27. The third-order valence-corrected chi connectivity index (χ3v) is 6.13. The lowest BCUT2D eigenvalue weighted by molar-refractivity contribution is -0.162. The molecule has 2 aliphatic carbocycles. The molecule has 3 fully saturated rings. The van der Waals surface area contributed by atoms with Gasteiger partial charge in [-0.2, -0.15) is 0 Å². The van der Waals surface area contributed by atoms with E-state index >= 15 is 0 Å². The standard InChI is InChI=1S/C18H26N2O3/c1-2-13-19-15(21)18(11-7-8-12-18)20(16(22)23)14-17(19)9-5-3-4-6-10-17/h1H,3-14H2,(H,22,23). The van der Waals surface area contributed by atoms with Gasteiger partial charge < -0.3 is 10.0 Å². The Bertz CT molecular complexity index is 523. The first-order chi connectivity index (χ1) is 11.1. The number of terminal acetylenes is 1. The number of carboxylic acid groups (broad SMARTS) is 1. The van der Waals surface area contributed by atoms with Gasteiger partial charge in [0.05, 0.1) is 12.1 Å². The van der Waals surface area contributed by atoms with E-state index in [-0.39, 0.29) is 5.91 Å². The van der Waals surface area contributed by atoms with Crippen LogP contribution in [0.25, 0.3) is 0 Å². The van der Waals surface area contributed by atoms with Crippen molar-refractivity contribution in [2.24, 2.45) is 0 Å². The van der Waals surface area contributed by atoms with Gasteiger partial charge >= 0.3 is 6.09 Å². The lowest BCUT2D eigenvalue weighted by Crippen LogP contribution is -2.74. The molecule has 2 amide bonds. The van der Waals surface area contributed by atoms with Crippen LogP contribution in [0.2, 0.25) is 0 Å². The molecule has 23 heavy (non-hydrogen) atoms. The molecule has 0 aromatic carbocycles. The van der Waals surface area contributed by atoms with Gasteiger partial charge in [0.25, 0.3) is 0 Å². The highest BCUT2D eigenvalue weighted by Crippen LogP contribution is 2.46. The van der Waals surface area contributed by atoms with Gasteiger partial charge in [-0.3, -0.25) is 9.69 Å². The summed E-state index contributed by atoms with van der Waals surface area (Å²) in [6.45, 7) is 0.726. The Balaban J connectivity index is 2.02. The Morgan fingerprint density at radius 2 is 1.65 bits per heavy atom. The third-order valence-electron chi connectivity index (χ3n) is 6.13. The Hall–Kier alpha value is -1.70. The van der Waals surface area contributed by atoms with Crippen LogP contribution in [0, 0.1) is 12.3 Å². The van der Waals surface area contributed by atoms with Crippen molar-refractivity contribution >= 4 is 12.0 Å². The maximum absolute atomic E-state index is 13.4. The van der Waals surface area contributed by atoms with Gasteiger partial charge in [0.1, 0.15) is 5.54 Å². The van der Waals surface area contributed by atoms with Crippen molar-refractivity contribution in [1.82, 2.24) is 9.80 Å². The van der Waals surface area contributed by atoms with E-state index in [0.29, 0.717) is 25.9 Å². The van der Waals surface area contributed by atoms with Crippen LogP contribution >= 0.6 is 0 Å². The van der Waals surface area contributed by atoms with Crippen LogP contribution < -0.4 is 0 Å². The van der Waals surface area contributed by atoms with Crippen molar-refractivity contribution in [3.8, 4) is 12.3 Å². The fourth-order valence-corrected chi connectivity index (χ4v) is 4.95. The molecule has 1 N–H and O–H groups in total. The molecule has 126 valence electrons. The first kappa shape index (κ1) is 16.2. The van der Waals surface area contributed by atoms with Crippen molar-refractivity contribution in [3.05, 3.63) is 0 Å². The number of nitrogens with zero attached hydrogens (tertiary/aromatic N) is 2. The van der Waals surface area contributed by atoms with Crippen LogP contribution in [0.15, 0.2) is 0 Å². The first-order valence-electron chi connectivity index (χ1n) is 8.82. The van der Waals surface area contributed by atoms with Crippen molar-refractivity contribution < 1.29 is 14.7 Å². The van der Waals surface area contributed by atoms with Crippen molar-refractivity contribution in [3.63, 3.8) is 0 Å². The van der Waals surface area contributed by atoms with Crippen LogP contribution in [0.3, 0.4) is 0 Å². The zero-order valence-electron chi connectivity index (χ0n) is 13.7. The number of hydrogen-bond acceptors (Lipinski definition) is 2. The maximum atomic E-state index is 13.4. The molecule has 5 nitrogen and oxygen atoms in total. The number of carbonyl (C=O) groups is 2. The molecule has 0 atom stereocenters. The molecule has 2 saturated carbocycles. The molecule has 0 radical (unpaired) electrons. The van der Waals surface area contributed by atoms with Crippen molar-refractivity contribution in [1.29, 1.82) is 0 Å². The summed E-state index contributed by atoms with van der Waals surface area (Å²) in [5.41, 5.74) is -1.26. The van der Waals surface area contributed by atoms with E-state index in [1.165, 1.54) is 4.90 Å². The summed E-state index contributed by atoms with van der Waals surface area (Å²) in [4.78, 5) is 28.7. The van der Waals surface area contributed by atoms with Gasteiger partial charge in [-0.1, -0.05) is 44.4 Å². The van der Waals surface area contributed by atoms with Crippen molar-refractivity contribution in [2.75, 3.05) is 13.1 Å². The molecule has 0 aromatic heterocycles. The summed E-state index contributed by atoms with van der Waals surface area (Å²) in [5, 5.41) is 9.80. The summed E-state index contributed by atoms with van der Waals surface area (Å²) in [7, 11) is 0. The summed E-state index contributed by atoms with van der Waals surface area (Å²) < 4.78 is 0. The van der Waals surface area contributed by atoms with Crippen LogP contribution in [-0.2, 0) is 4.79 Å². The highest BCUT2D eigenvalue weighted by atomic mass is 16.4. The van der Waals surface area contributed by atoms with E-state index in [9.17, 15) is 14.7 Å². The number of rotatable bonds is 1. The zero-order chi connectivity index (χ0) is 16.5. The van der Waals surface area contributed by atoms with Gasteiger partial charge in [-0.15, -0.1) is 6.42 Å². The maximum Gasteiger partial charge on any atom is 0.408 e. The molecule has 3 aliphatic rings. The third kappa shape index (κ3) is 2.49. The second-order valence-corrected chi connectivity index (χ2v) is 7.34. The average molecular weight is 318 g/mol. The van der Waals surface area contributed by atoms with E-state index in [2.05, 4.69) is 5.92 Å². The highest BCUT2D eigenvalue weighted by Gasteiger charge is 2.59. The molecular formula is C18H26N2O3. The number of amides is 2. The molecule has 0 unspecified atom stereocenters. The van der Waals surface area contributed by atoms with E-state index < -0.39 is 17.2 Å². The Morgan fingerprint density at radius 1 is 1.09 bits per heavy atom. The minimum Gasteiger partial charge on any atom is -0.465 e. The predicted molar refractivity (Wildman–Crippen MR) is 86.9 cm³/mol. The fourth-order valence-electron chi connectivity index (χ4n) is 4.95.